The molecule has 0 spiro atoms. The van der Waals surface area contributed by atoms with E-state index < -0.39 is 0 Å². The number of hydrogen-bond donors (Lipinski definition) is 0. The summed E-state index contributed by atoms with van der Waals surface area (Å²) in [7, 11) is 1.68. The summed E-state index contributed by atoms with van der Waals surface area (Å²) >= 11 is 0. The highest BCUT2D eigenvalue weighted by Gasteiger charge is 2.26. The second-order valence-electron chi connectivity index (χ2n) is 7.86. The third-order valence-corrected chi connectivity index (χ3v) is 5.56. The fraction of sp³-hybridized carbons (Fsp3) is 0.440. The van der Waals surface area contributed by atoms with E-state index in [-0.39, 0.29) is 18.5 Å². The lowest BCUT2D eigenvalue weighted by atomic mass is 10.0. The second-order valence-corrected chi connectivity index (χ2v) is 7.86. The first-order chi connectivity index (χ1) is 14.5. The van der Waals surface area contributed by atoms with Crippen LogP contribution in [0.3, 0.4) is 0 Å². The van der Waals surface area contributed by atoms with Gasteiger partial charge in [-0.1, -0.05) is 44.2 Å². The average Bonchev–Trinajstić information content (AvgIpc) is 3.07. The van der Waals surface area contributed by atoms with Gasteiger partial charge in [0.2, 0.25) is 5.91 Å². The summed E-state index contributed by atoms with van der Waals surface area (Å²) in [5.74, 6) is 1.02. The first-order valence-corrected chi connectivity index (χ1v) is 10.8. The normalized spacial score (nSPS) is 12.3. The number of para-hydroxylation sites is 3. The van der Waals surface area contributed by atoms with Crippen LogP contribution in [0.2, 0.25) is 0 Å². The highest BCUT2D eigenvalue weighted by Crippen LogP contribution is 2.29. The topological polar surface area (TPSA) is 47.4 Å². The summed E-state index contributed by atoms with van der Waals surface area (Å²) in [5.41, 5.74) is 5.24. The summed E-state index contributed by atoms with van der Waals surface area (Å²) in [6, 6.07) is 14.2. The van der Waals surface area contributed by atoms with Crippen molar-refractivity contribution in [2.24, 2.45) is 0 Å². The summed E-state index contributed by atoms with van der Waals surface area (Å²) in [6.07, 6.45) is 2.70. The number of imidazole rings is 1. The number of ether oxygens (including phenoxy) is 1. The van der Waals surface area contributed by atoms with E-state index in [1.807, 2.05) is 36.1 Å². The van der Waals surface area contributed by atoms with Gasteiger partial charge in [0.1, 0.15) is 12.4 Å². The van der Waals surface area contributed by atoms with Crippen LogP contribution in [0, 0.1) is 6.92 Å². The average molecular weight is 408 g/mol. The number of nitrogens with zero attached hydrogens (tertiary/aromatic N) is 3. The lowest BCUT2D eigenvalue weighted by Crippen LogP contribution is -2.44. The van der Waals surface area contributed by atoms with Crippen molar-refractivity contribution in [1.29, 1.82) is 0 Å². The van der Waals surface area contributed by atoms with Crippen molar-refractivity contribution in [1.82, 2.24) is 9.55 Å². The number of amides is 1. The van der Waals surface area contributed by atoms with Gasteiger partial charge >= 0.3 is 0 Å². The van der Waals surface area contributed by atoms with Crippen LogP contribution in [-0.4, -0.2) is 35.2 Å². The zero-order valence-corrected chi connectivity index (χ0v) is 18.8. The molecule has 0 fully saturated rings. The minimum atomic E-state index is -0.0710. The molecule has 0 aliphatic carbocycles. The van der Waals surface area contributed by atoms with E-state index in [0.29, 0.717) is 6.61 Å². The van der Waals surface area contributed by atoms with Gasteiger partial charge in [0.05, 0.1) is 29.4 Å². The Kier molecular flexibility index (Phi) is 7.27. The van der Waals surface area contributed by atoms with Gasteiger partial charge < -0.3 is 14.2 Å². The maximum Gasteiger partial charge on any atom is 0.247 e. The maximum atomic E-state index is 13.8. The summed E-state index contributed by atoms with van der Waals surface area (Å²) in [5, 5.41) is 0. The standard InChI is InChI=1S/C25H33N3O2/c1-6-11-23-26-21-14-8-9-15-22(21)27(23)16-24(29)28(19(4)17-30-5)25-18(3)12-10-13-20(25)7-2/h8-10,12-15,19H,6-7,11,16-17H2,1-5H3/t19-/m1/s1. The number of aromatic nitrogens is 2. The van der Waals surface area contributed by atoms with E-state index in [9.17, 15) is 4.79 Å². The Bertz CT molecular complexity index is 1010. The number of rotatable bonds is 9. The van der Waals surface area contributed by atoms with E-state index in [0.717, 1.165) is 47.4 Å². The molecule has 0 aliphatic rings. The second kappa shape index (κ2) is 9.90. The van der Waals surface area contributed by atoms with Crippen LogP contribution in [0.25, 0.3) is 11.0 Å². The molecular formula is C25H33N3O2. The number of benzene rings is 2. The van der Waals surface area contributed by atoms with Gasteiger partial charge in [0, 0.05) is 13.5 Å². The van der Waals surface area contributed by atoms with E-state index in [1.54, 1.807) is 7.11 Å². The predicted molar refractivity (Wildman–Crippen MR) is 123 cm³/mol. The lowest BCUT2D eigenvalue weighted by Gasteiger charge is -2.32. The molecule has 1 heterocycles. The lowest BCUT2D eigenvalue weighted by molar-refractivity contribution is -0.119. The van der Waals surface area contributed by atoms with Gasteiger partial charge in [-0.15, -0.1) is 0 Å². The first kappa shape index (κ1) is 22.0. The van der Waals surface area contributed by atoms with E-state index >= 15 is 0 Å². The molecule has 5 nitrogen and oxygen atoms in total. The van der Waals surface area contributed by atoms with Crippen LogP contribution in [0.5, 0.6) is 0 Å². The van der Waals surface area contributed by atoms with Gasteiger partial charge in [-0.05, 0) is 49.9 Å². The largest absolute Gasteiger partial charge is 0.383 e. The van der Waals surface area contributed by atoms with Gasteiger partial charge in [-0.2, -0.15) is 0 Å². The van der Waals surface area contributed by atoms with Crippen molar-refractivity contribution < 1.29 is 9.53 Å². The molecule has 0 bridgehead atoms. The Hall–Kier alpha value is -2.66. The molecule has 160 valence electrons. The Balaban J connectivity index is 2.06. The predicted octanol–water partition coefficient (Wildman–Crippen LogP) is 4.93. The van der Waals surface area contributed by atoms with Crippen molar-refractivity contribution >= 4 is 22.6 Å². The number of anilines is 1. The van der Waals surface area contributed by atoms with Crippen LogP contribution in [0.4, 0.5) is 5.69 Å². The molecule has 1 amide bonds. The number of hydrogen-bond acceptors (Lipinski definition) is 3. The molecule has 0 N–H and O–H groups in total. The number of aryl methyl sites for hydroxylation is 3. The molecule has 30 heavy (non-hydrogen) atoms. The summed E-state index contributed by atoms with van der Waals surface area (Å²) in [6.45, 7) is 9.14. The SMILES string of the molecule is CCCc1nc2ccccc2n1CC(=O)N(c1c(C)cccc1CC)[C@H](C)COC. The minimum absolute atomic E-state index is 0.0593. The van der Waals surface area contributed by atoms with E-state index in [1.165, 1.54) is 5.56 Å². The van der Waals surface area contributed by atoms with Crippen molar-refractivity contribution in [3.63, 3.8) is 0 Å². The van der Waals surface area contributed by atoms with Gasteiger partial charge in [-0.3, -0.25) is 4.79 Å². The molecule has 3 rings (SSSR count). The molecule has 0 saturated heterocycles. The van der Waals surface area contributed by atoms with Crippen molar-refractivity contribution in [2.45, 2.75) is 59.5 Å². The minimum Gasteiger partial charge on any atom is -0.383 e. The van der Waals surface area contributed by atoms with Crippen molar-refractivity contribution in [3.8, 4) is 0 Å². The molecule has 0 aliphatic heterocycles. The molecular weight excluding hydrogens is 374 g/mol. The molecule has 1 aromatic heterocycles. The quantitative estimate of drug-likeness (QED) is 0.505. The Morgan fingerprint density at radius 2 is 1.93 bits per heavy atom. The van der Waals surface area contributed by atoms with Gasteiger partial charge in [-0.25, -0.2) is 4.98 Å². The number of fused-ring (bicyclic) bond motifs is 1. The monoisotopic (exact) mass is 407 g/mol. The molecule has 1 atom stereocenters. The van der Waals surface area contributed by atoms with Gasteiger partial charge in [0.15, 0.2) is 0 Å². The number of carbonyl (C=O) groups is 1. The molecule has 2 aromatic carbocycles. The smallest absolute Gasteiger partial charge is 0.247 e. The highest BCUT2D eigenvalue weighted by atomic mass is 16.5. The van der Waals surface area contributed by atoms with Crippen LogP contribution < -0.4 is 4.90 Å². The maximum absolute atomic E-state index is 13.8. The van der Waals surface area contributed by atoms with Crippen LogP contribution >= 0.6 is 0 Å². The van der Waals surface area contributed by atoms with Crippen molar-refractivity contribution in [2.75, 3.05) is 18.6 Å². The molecule has 0 saturated carbocycles. The van der Waals surface area contributed by atoms with Crippen LogP contribution in [-0.2, 0) is 28.9 Å². The zero-order valence-electron chi connectivity index (χ0n) is 18.8. The Morgan fingerprint density at radius 1 is 1.17 bits per heavy atom. The van der Waals surface area contributed by atoms with E-state index in [4.69, 9.17) is 9.72 Å². The zero-order chi connectivity index (χ0) is 21.7. The molecule has 3 aromatic rings. The fourth-order valence-electron chi connectivity index (χ4n) is 4.18. The molecule has 0 radical (unpaired) electrons. The number of methoxy groups -OCH3 is 1. The third kappa shape index (κ3) is 4.41. The first-order valence-electron chi connectivity index (χ1n) is 10.8. The Labute approximate surface area is 179 Å². The third-order valence-electron chi connectivity index (χ3n) is 5.56. The van der Waals surface area contributed by atoms with Crippen LogP contribution in [0.1, 0.15) is 44.1 Å². The summed E-state index contributed by atoms with van der Waals surface area (Å²) < 4.78 is 7.51. The summed E-state index contributed by atoms with van der Waals surface area (Å²) in [4.78, 5) is 20.5. The van der Waals surface area contributed by atoms with Crippen molar-refractivity contribution in [3.05, 3.63) is 59.4 Å². The number of carbonyl (C=O) groups excluding carboxylic acids is 1. The van der Waals surface area contributed by atoms with Gasteiger partial charge in [0.25, 0.3) is 0 Å². The Morgan fingerprint density at radius 3 is 2.63 bits per heavy atom. The fourth-order valence-corrected chi connectivity index (χ4v) is 4.18. The highest BCUT2D eigenvalue weighted by molar-refractivity contribution is 5.96. The molecule has 0 unspecified atom stereocenters. The van der Waals surface area contributed by atoms with E-state index in [2.05, 4.69) is 43.5 Å². The molecule has 5 heteroatoms. The van der Waals surface area contributed by atoms with Crippen LogP contribution in [0.15, 0.2) is 42.5 Å².